The van der Waals surface area contributed by atoms with Crippen molar-refractivity contribution < 1.29 is 14.3 Å². The second kappa shape index (κ2) is 10.9. The van der Waals surface area contributed by atoms with Crippen LogP contribution in [0.2, 0.25) is 0 Å². The van der Waals surface area contributed by atoms with Gasteiger partial charge in [-0.15, -0.1) is 0 Å². The smallest absolute Gasteiger partial charge is 0.227 e. The lowest BCUT2D eigenvalue weighted by Gasteiger charge is -2.34. The van der Waals surface area contributed by atoms with E-state index in [-0.39, 0.29) is 5.91 Å². The average Bonchev–Trinajstić information content (AvgIpc) is 2.76. The van der Waals surface area contributed by atoms with Crippen LogP contribution < -0.4 is 9.47 Å². The summed E-state index contributed by atoms with van der Waals surface area (Å²) < 4.78 is 10.7. The van der Waals surface area contributed by atoms with E-state index in [1.54, 1.807) is 7.11 Å². The van der Waals surface area contributed by atoms with Crippen LogP contribution in [0.25, 0.3) is 0 Å². The Kier molecular flexibility index (Phi) is 7.94. The van der Waals surface area contributed by atoms with Crippen molar-refractivity contribution >= 4 is 5.91 Å². The van der Waals surface area contributed by atoms with Gasteiger partial charge in [0.15, 0.2) is 0 Å². The minimum absolute atomic E-state index is 0.215. The summed E-state index contributed by atoms with van der Waals surface area (Å²) in [6, 6.07) is 16.2. The van der Waals surface area contributed by atoms with Crippen molar-refractivity contribution in [3.05, 3.63) is 59.7 Å². The summed E-state index contributed by atoms with van der Waals surface area (Å²) in [5.74, 6) is 1.97. The zero-order chi connectivity index (χ0) is 20.5. The fraction of sp³-hybridized carbons (Fsp3) is 0.458. The lowest BCUT2D eigenvalue weighted by atomic mass is 10.1. The quantitative estimate of drug-likeness (QED) is 0.651. The van der Waals surface area contributed by atoms with Crippen LogP contribution in [0.1, 0.15) is 24.5 Å². The highest BCUT2D eigenvalue weighted by Crippen LogP contribution is 2.15. The van der Waals surface area contributed by atoms with Crippen molar-refractivity contribution in [2.24, 2.45) is 0 Å². The van der Waals surface area contributed by atoms with Crippen molar-refractivity contribution in [1.82, 2.24) is 9.80 Å². The summed E-state index contributed by atoms with van der Waals surface area (Å²) in [6.45, 7) is 7.25. The van der Waals surface area contributed by atoms with E-state index in [2.05, 4.69) is 17.0 Å². The number of piperazine rings is 1. The summed E-state index contributed by atoms with van der Waals surface area (Å²) in [4.78, 5) is 17.1. The molecule has 1 amide bonds. The number of methoxy groups -OCH3 is 1. The van der Waals surface area contributed by atoms with Crippen LogP contribution in [0.15, 0.2) is 48.5 Å². The molecule has 0 unspecified atom stereocenters. The number of carbonyl (C=O) groups excluding carboxylic acids is 1. The van der Waals surface area contributed by atoms with Gasteiger partial charge >= 0.3 is 0 Å². The lowest BCUT2D eigenvalue weighted by Crippen LogP contribution is -2.49. The van der Waals surface area contributed by atoms with Gasteiger partial charge in [-0.1, -0.05) is 24.3 Å². The van der Waals surface area contributed by atoms with Gasteiger partial charge < -0.3 is 14.4 Å². The van der Waals surface area contributed by atoms with Gasteiger partial charge in [0.05, 0.1) is 20.1 Å². The molecule has 5 heteroatoms. The largest absolute Gasteiger partial charge is 0.497 e. The first-order valence-corrected chi connectivity index (χ1v) is 10.5. The molecule has 3 rings (SSSR count). The highest BCUT2D eigenvalue weighted by atomic mass is 16.5. The molecule has 2 aromatic carbocycles. The van der Waals surface area contributed by atoms with Gasteiger partial charge in [0.2, 0.25) is 5.91 Å². The molecule has 1 heterocycles. The summed E-state index contributed by atoms with van der Waals surface area (Å²) in [5.41, 5.74) is 2.38. The number of rotatable bonds is 9. The van der Waals surface area contributed by atoms with E-state index in [1.165, 1.54) is 5.56 Å². The molecule has 156 valence electrons. The summed E-state index contributed by atoms with van der Waals surface area (Å²) in [5, 5.41) is 0. The van der Waals surface area contributed by atoms with Crippen LogP contribution in [-0.2, 0) is 17.6 Å². The molecular weight excluding hydrogens is 364 g/mol. The second-order valence-electron chi connectivity index (χ2n) is 7.43. The number of amides is 1. The Morgan fingerprint density at radius 3 is 2.14 bits per heavy atom. The van der Waals surface area contributed by atoms with Crippen LogP contribution in [0.4, 0.5) is 0 Å². The molecule has 0 aliphatic carbocycles. The standard InChI is InChI=1S/C24H32N2O3/c1-3-29-23-12-8-21(9-13-23)19-24(27)26-17-15-25(16-18-26)14-4-5-20-6-10-22(28-2)11-7-20/h6-13H,3-5,14-19H2,1-2H3. The molecule has 1 saturated heterocycles. The van der Waals surface area contributed by atoms with Crippen molar-refractivity contribution in [1.29, 1.82) is 0 Å². The number of hydrogen-bond acceptors (Lipinski definition) is 4. The Hall–Kier alpha value is -2.53. The maximum Gasteiger partial charge on any atom is 0.227 e. The topological polar surface area (TPSA) is 42.0 Å². The molecule has 1 fully saturated rings. The van der Waals surface area contributed by atoms with E-state index in [9.17, 15) is 4.79 Å². The minimum Gasteiger partial charge on any atom is -0.497 e. The Bertz CT molecular complexity index is 751. The van der Waals surface area contributed by atoms with Crippen LogP contribution in [0.5, 0.6) is 11.5 Å². The third kappa shape index (κ3) is 6.50. The third-order valence-electron chi connectivity index (χ3n) is 5.41. The Morgan fingerprint density at radius 2 is 1.52 bits per heavy atom. The average molecular weight is 397 g/mol. The van der Waals surface area contributed by atoms with E-state index in [0.717, 1.165) is 62.6 Å². The van der Waals surface area contributed by atoms with Gasteiger partial charge in [-0.2, -0.15) is 0 Å². The molecule has 1 aliphatic heterocycles. The van der Waals surface area contributed by atoms with Crippen molar-refractivity contribution in [2.45, 2.75) is 26.2 Å². The maximum atomic E-state index is 12.6. The first-order valence-electron chi connectivity index (χ1n) is 10.5. The highest BCUT2D eigenvalue weighted by molar-refractivity contribution is 5.79. The van der Waals surface area contributed by atoms with Gasteiger partial charge in [-0.3, -0.25) is 9.69 Å². The van der Waals surface area contributed by atoms with Gasteiger partial charge in [-0.05, 0) is 61.7 Å². The molecule has 29 heavy (non-hydrogen) atoms. The molecule has 0 N–H and O–H groups in total. The monoisotopic (exact) mass is 396 g/mol. The summed E-state index contributed by atoms with van der Waals surface area (Å²) in [6.07, 6.45) is 2.66. The molecule has 0 bridgehead atoms. The third-order valence-corrected chi connectivity index (χ3v) is 5.41. The molecule has 2 aromatic rings. The first kappa shape index (κ1) is 21.2. The first-order chi connectivity index (χ1) is 14.2. The van der Waals surface area contributed by atoms with E-state index in [0.29, 0.717) is 13.0 Å². The number of ether oxygens (including phenoxy) is 2. The second-order valence-corrected chi connectivity index (χ2v) is 7.43. The van der Waals surface area contributed by atoms with E-state index < -0.39 is 0 Å². The van der Waals surface area contributed by atoms with Gasteiger partial charge in [0.1, 0.15) is 11.5 Å². The predicted molar refractivity (Wildman–Crippen MR) is 116 cm³/mol. The Balaban J connectivity index is 1.36. The normalized spacial score (nSPS) is 14.6. The molecule has 0 spiro atoms. The van der Waals surface area contributed by atoms with E-state index in [4.69, 9.17) is 9.47 Å². The van der Waals surface area contributed by atoms with Crippen molar-refractivity contribution in [3.63, 3.8) is 0 Å². The van der Waals surface area contributed by atoms with Gasteiger partial charge in [0, 0.05) is 26.2 Å². The van der Waals surface area contributed by atoms with E-state index in [1.807, 2.05) is 48.2 Å². The number of hydrogen-bond donors (Lipinski definition) is 0. The maximum absolute atomic E-state index is 12.6. The summed E-state index contributed by atoms with van der Waals surface area (Å²) in [7, 11) is 1.69. The fourth-order valence-corrected chi connectivity index (χ4v) is 3.68. The molecule has 0 saturated carbocycles. The van der Waals surface area contributed by atoms with Gasteiger partial charge in [-0.25, -0.2) is 0 Å². The van der Waals surface area contributed by atoms with Crippen molar-refractivity contribution in [2.75, 3.05) is 46.4 Å². The minimum atomic E-state index is 0.215. The number of nitrogens with zero attached hydrogens (tertiary/aromatic N) is 2. The SMILES string of the molecule is CCOc1ccc(CC(=O)N2CCN(CCCc3ccc(OC)cc3)CC2)cc1. The lowest BCUT2D eigenvalue weighted by molar-refractivity contribution is -0.132. The molecule has 0 radical (unpaired) electrons. The predicted octanol–water partition coefficient (Wildman–Crippen LogP) is 3.41. The number of benzene rings is 2. The molecule has 1 aliphatic rings. The zero-order valence-corrected chi connectivity index (χ0v) is 17.6. The molecule has 0 aromatic heterocycles. The highest BCUT2D eigenvalue weighted by Gasteiger charge is 2.20. The number of carbonyl (C=O) groups is 1. The molecule has 0 atom stereocenters. The zero-order valence-electron chi connectivity index (χ0n) is 17.6. The fourth-order valence-electron chi connectivity index (χ4n) is 3.68. The van der Waals surface area contributed by atoms with E-state index >= 15 is 0 Å². The number of aryl methyl sites for hydroxylation is 1. The van der Waals surface area contributed by atoms with Crippen LogP contribution in [0.3, 0.4) is 0 Å². The molecular formula is C24H32N2O3. The van der Waals surface area contributed by atoms with Crippen LogP contribution in [0, 0.1) is 0 Å². The molecule has 5 nitrogen and oxygen atoms in total. The summed E-state index contributed by atoms with van der Waals surface area (Å²) >= 11 is 0. The Morgan fingerprint density at radius 1 is 0.897 bits per heavy atom. The Labute approximate surface area is 174 Å². The van der Waals surface area contributed by atoms with Crippen molar-refractivity contribution in [3.8, 4) is 11.5 Å². The van der Waals surface area contributed by atoms with Gasteiger partial charge in [0.25, 0.3) is 0 Å². The van der Waals surface area contributed by atoms with Crippen LogP contribution >= 0.6 is 0 Å². The van der Waals surface area contributed by atoms with Crippen LogP contribution in [-0.4, -0.2) is 62.1 Å².